The second kappa shape index (κ2) is 5.99. The number of allylic oxidation sites excluding steroid dienone is 2. The molecule has 0 N–H and O–H groups in total. The van der Waals surface area contributed by atoms with E-state index in [0.29, 0.717) is 6.04 Å². The largest absolute Gasteiger partial charge is 0.298 e. The lowest BCUT2D eigenvalue weighted by Crippen LogP contribution is -2.01. The van der Waals surface area contributed by atoms with Crippen LogP contribution in [0.2, 0.25) is 0 Å². The molecule has 1 unspecified atom stereocenters. The van der Waals surface area contributed by atoms with Gasteiger partial charge in [0.15, 0.2) is 0 Å². The van der Waals surface area contributed by atoms with E-state index in [0.717, 1.165) is 12.8 Å². The summed E-state index contributed by atoms with van der Waals surface area (Å²) < 4.78 is 0. The molecule has 0 aromatic rings. The zero-order valence-electron chi connectivity index (χ0n) is 8.85. The van der Waals surface area contributed by atoms with Gasteiger partial charge in [0.05, 0.1) is 0 Å². The van der Waals surface area contributed by atoms with E-state index in [1.165, 1.54) is 17.6 Å². The van der Waals surface area contributed by atoms with E-state index < -0.39 is 0 Å². The average molecular weight is 167 g/mol. The van der Waals surface area contributed by atoms with Gasteiger partial charge in [-0.25, -0.2) is 0 Å². The van der Waals surface area contributed by atoms with Gasteiger partial charge < -0.3 is 0 Å². The second-order valence-electron chi connectivity index (χ2n) is 3.56. The molecule has 0 fully saturated rings. The van der Waals surface area contributed by atoms with E-state index in [4.69, 9.17) is 0 Å². The molecule has 0 saturated heterocycles. The molecule has 0 amide bonds. The van der Waals surface area contributed by atoms with Gasteiger partial charge in [0.2, 0.25) is 0 Å². The Morgan fingerprint density at radius 2 is 1.92 bits per heavy atom. The van der Waals surface area contributed by atoms with Crippen molar-refractivity contribution < 1.29 is 0 Å². The van der Waals surface area contributed by atoms with Crippen LogP contribution >= 0.6 is 0 Å². The molecule has 0 aromatic carbocycles. The fraction of sp³-hybridized carbons (Fsp3) is 0.727. The van der Waals surface area contributed by atoms with Crippen molar-refractivity contribution in [3.8, 4) is 0 Å². The van der Waals surface area contributed by atoms with Crippen molar-refractivity contribution in [3.05, 3.63) is 11.1 Å². The lowest BCUT2D eigenvalue weighted by Gasteiger charge is -2.09. The van der Waals surface area contributed by atoms with E-state index in [9.17, 15) is 0 Å². The highest BCUT2D eigenvalue weighted by Crippen LogP contribution is 2.14. The number of rotatable bonds is 5. The minimum Gasteiger partial charge on any atom is -0.298 e. The predicted molar refractivity (Wildman–Crippen MR) is 56.9 cm³/mol. The SMILES string of the molecule is C=NC(CC)CCC(C)=C(C)C. The fourth-order valence-corrected chi connectivity index (χ4v) is 1.06. The van der Waals surface area contributed by atoms with Crippen molar-refractivity contribution in [2.75, 3.05) is 0 Å². The standard InChI is InChI=1S/C11H21N/c1-6-11(12-5)8-7-10(4)9(2)3/h11H,5-8H2,1-4H3. The van der Waals surface area contributed by atoms with Gasteiger partial charge in [-0.05, 0) is 46.8 Å². The summed E-state index contributed by atoms with van der Waals surface area (Å²) >= 11 is 0. The number of nitrogens with zero attached hydrogens (tertiary/aromatic N) is 1. The van der Waals surface area contributed by atoms with Crippen LogP contribution in [0.15, 0.2) is 16.1 Å². The van der Waals surface area contributed by atoms with Crippen LogP contribution in [0.3, 0.4) is 0 Å². The van der Waals surface area contributed by atoms with E-state index in [1.807, 2.05) is 0 Å². The summed E-state index contributed by atoms with van der Waals surface area (Å²) in [5, 5.41) is 0. The van der Waals surface area contributed by atoms with Gasteiger partial charge >= 0.3 is 0 Å². The maximum absolute atomic E-state index is 4.07. The Hall–Kier alpha value is -0.590. The van der Waals surface area contributed by atoms with Crippen LogP contribution in [0.5, 0.6) is 0 Å². The first-order valence-electron chi connectivity index (χ1n) is 4.70. The third kappa shape index (κ3) is 4.32. The first-order chi connectivity index (χ1) is 5.61. The zero-order valence-corrected chi connectivity index (χ0v) is 8.85. The molecule has 0 saturated carbocycles. The maximum atomic E-state index is 4.07. The fourth-order valence-electron chi connectivity index (χ4n) is 1.06. The predicted octanol–water partition coefficient (Wildman–Crippen LogP) is 3.60. The first-order valence-corrected chi connectivity index (χ1v) is 4.70. The van der Waals surface area contributed by atoms with Crippen molar-refractivity contribution in [1.82, 2.24) is 0 Å². The van der Waals surface area contributed by atoms with Crippen molar-refractivity contribution in [3.63, 3.8) is 0 Å². The lowest BCUT2D eigenvalue weighted by molar-refractivity contribution is 0.598. The molecule has 1 heteroatoms. The lowest BCUT2D eigenvalue weighted by atomic mass is 10.0. The highest BCUT2D eigenvalue weighted by Gasteiger charge is 2.02. The minimum absolute atomic E-state index is 0.458. The van der Waals surface area contributed by atoms with Crippen molar-refractivity contribution in [1.29, 1.82) is 0 Å². The molecule has 0 aliphatic carbocycles. The van der Waals surface area contributed by atoms with Crippen LogP contribution in [0.25, 0.3) is 0 Å². The molecular weight excluding hydrogens is 146 g/mol. The summed E-state index contributed by atoms with van der Waals surface area (Å²) in [7, 11) is 0. The van der Waals surface area contributed by atoms with Crippen LogP contribution in [-0.2, 0) is 0 Å². The van der Waals surface area contributed by atoms with Crippen molar-refractivity contribution in [2.45, 2.75) is 53.0 Å². The maximum Gasteiger partial charge on any atom is 0.0492 e. The highest BCUT2D eigenvalue weighted by molar-refractivity contribution is 5.24. The molecule has 0 heterocycles. The molecule has 70 valence electrons. The minimum atomic E-state index is 0.458. The molecule has 1 nitrogen and oxygen atoms in total. The molecule has 0 radical (unpaired) electrons. The van der Waals surface area contributed by atoms with E-state index in [1.54, 1.807) is 0 Å². The topological polar surface area (TPSA) is 12.4 Å². The molecule has 0 aliphatic rings. The Bertz CT molecular complexity index is 164. The molecule has 0 rings (SSSR count). The third-order valence-corrected chi connectivity index (χ3v) is 2.44. The van der Waals surface area contributed by atoms with Crippen LogP contribution in [0.4, 0.5) is 0 Å². The second-order valence-corrected chi connectivity index (χ2v) is 3.56. The molecule has 12 heavy (non-hydrogen) atoms. The van der Waals surface area contributed by atoms with Crippen molar-refractivity contribution >= 4 is 6.72 Å². The van der Waals surface area contributed by atoms with Gasteiger partial charge in [0.1, 0.15) is 0 Å². The summed E-state index contributed by atoms with van der Waals surface area (Å²) in [6, 6.07) is 0.458. The molecule has 0 bridgehead atoms. The summed E-state index contributed by atoms with van der Waals surface area (Å²) in [5.74, 6) is 0. The average Bonchev–Trinajstić information content (AvgIpc) is 2.05. The molecule has 0 aliphatic heterocycles. The Morgan fingerprint density at radius 1 is 1.33 bits per heavy atom. The smallest absolute Gasteiger partial charge is 0.0492 e. The quantitative estimate of drug-likeness (QED) is 0.438. The normalized spacial score (nSPS) is 12.3. The Kier molecular flexibility index (Phi) is 5.69. The molecular formula is C11H21N. The van der Waals surface area contributed by atoms with E-state index in [2.05, 4.69) is 39.4 Å². The summed E-state index contributed by atoms with van der Waals surface area (Å²) in [4.78, 5) is 4.07. The number of hydrogen-bond acceptors (Lipinski definition) is 1. The molecule has 0 spiro atoms. The van der Waals surface area contributed by atoms with Gasteiger partial charge in [-0.1, -0.05) is 18.1 Å². The van der Waals surface area contributed by atoms with Gasteiger partial charge in [0, 0.05) is 6.04 Å². The van der Waals surface area contributed by atoms with Gasteiger partial charge in [-0.15, -0.1) is 0 Å². The number of aliphatic imine (C=N–C) groups is 1. The molecule has 1 atom stereocenters. The Labute approximate surface area is 76.6 Å². The monoisotopic (exact) mass is 167 g/mol. The van der Waals surface area contributed by atoms with Crippen LogP contribution in [-0.4, -0.2) is 12.8 Å². The Morgan fingerprint density at radius 3 is 2.25 bits per heavy atom. The van der Waals surface area contributed by atoms with E-state index in [-0.39, 0.29) is 0 Å². The van der Waals surface area contributed by atoms with Gasteiger partial charge in [-0.3, -0.25) is 4.99 Å². The summed E-state index contributed by atoms with van der Waals surface area (Å²) in [6.45, 7) is 12.3. The van der Waals surface area contributed by atoms with Crippen molar-refractivity contribution in [2.24, 2.45) is 4.99 Å². The molecule has 0 aromatic heterocycles. The first kappa shape index (κ1) is 11.4. The summed E-state index contributed by atoms with van der Waals surface area (Å²) in [5.41, 5.74) is 2.94. The highest BCUT2D eigenvalue weighted by atomic mass is 14.7. The van der Waals surface area contributed by atoms with Crippen LogP contribution in [0, 0.1) is 0 Å². The third-order valence-electron chi connectivity index (χ3n) is 2.44. The van der Waals surface area contributed by atoms with E-state index >= 15 is 0 Å². The van der Waals surface area contributed by atoms with Gasteiger partial charge in [0.25, 0.3) is 0 Å². The van der Waals surface area contributed by atoms with Gasteiger partial charge in [-0.2, -0.15) is 0 Å². The number of hydrogen-bond donors (Lipinski definition) is 0. The summed E-state index contributed by atoms with van der Waals surface area (Å²) in [6.07, 6.45) is 3.43. The zero-order chi connectivity index (χ0) is 9.56. The Balaban J connectivity index is 3.82. The van der Waals surface area contributed by atoms with Crippen LogP contribution in [0.1, 0.15) is 47.0 Å². The van der Waals surface area contributed by atoms with Crippen LogP contribution < -0.4 is 0 Å².